The molecule has 11 aromatic carbocycles. The van der Waals surface area contributed by atoms with Crippen LogP contribution in [0.25, 0.3) is 65.3 Å². The Bertz CT molecular complexity index is 3340. The van der Waals surface area contributed by atoms with Gasteiger partial charge in [-0.25, -0.2) is 0 Å². The Morgan fingerprint density at radius 1 is 0.279 bits per heavy atom. The summed E-state index contributed by atoms with van der Waals surface area (Å²) in [6.07, 6.45) is 0. The average Bonchev–Trinajstić information content (AvgIpc) is 3.33. The third-order valence-corrected chi connectivity index (χ3v) is 13.1. The second-order valence-corrected chi connectivity index (χ2v) is 16.5. The monoisotopic (exact) mass is 772 g/mol. The lowest BCUT2D eigenvalue weighted by molar-refractivity contribution is 1.27. The summed E-state index contributed by atoms with van der Waals surface area (Å²) in [5, 5.41) is 9.97. The minimum absolute atomic E-state index is 0.0174. The van der Waals surface area contributed by atoms with E-state index in [9.17, 15) is 0 Å². The molecule has 0 atom stereocenters. The van der Waals surface area contributed by atoms with Crippen LogP contribution in [0.1, 0.15) is 0 Å². The van der Waals surface area contributed by atoms with E-state index in [2.05, 4.69) is 234 Å². The zero-order valence-corrected chi connectivity index (χ0v) is 33.3. The number of para-hydroxylation sites is 2. The molecule has 13 rings (SSSR count). The van der Waals surface area contributed by atoms with Crippen molar-refractivity contribution in [2.75, 3.05) is 9.80 Å². The first-order chi connectivity index (χ1) is 30.2. The van der Waals surface area contributed by atoms with Gasteiger partial charge in [0.25, 0.3) is 6.71 Å². The third kappa shape index (κ3) is 5.24. The van der Waals surface area contributed by atoms with Crippen LogP contribution in [-0.4, -0.2) is 6.71 Å². The maximum absolute atomic E-state index is 2.56. The summed E-state index contributed by atoms with van der Waals surface area (Å²) < 4.78 is 0. The fourth-order valence-corrected chi connectivity index (χ4v) is 10.3. The molecule has 0 N–H and O–H groups in total. The molecule has 0 radical (unpaired) electrons. The second-order valence-electron chi connectivity index (χ2n) is 16.5. The predicted molar refractivity (Wildman–Crippen MR) is 261 cm³/mol. The molecule has 0 aromatic heterocycles. The Morgan fingerprint density at radius 3 is 1.11 bits per heavy atom. The fraction of sp³-hybridized carbons (Fsp3) is 0. The Hall–Kier alpha value is -7.88. The summed E-state index contributed by atoms with van der Waals surface area (Å²) in [4.78, 5) is 5.12. The van der Waals surface area contributed by atoms with Gasteiger partial charge in [0.15, 0.2) is 0 Å². The number of nitrogens with zero attached hydrogens (tertiary/aromatic N) is 2. The Kier molecular flexibility index (Phi) is 7.43. The van der Waals surface area contributed by atoms with Crippen molar-refractivity contribution in [1.29, 1.82) is 0 Å². The quantitative estimate of drug-likeness (QED) is 0.130. The predicted octanol–water partition coefficient (Wildman–Crippen LogP) is 13.7. The van der Waals surface area contributed by atoms with Crippen LogP contribution in [-0.2, 0) is 0 Å². The molecule has 0 bridgehead atoms. The molecule has 282 valence electrons. The van der Waals surface area contributed by atoms with Gasteiger partial charge in [-0.05, 0) is 132 Å². The molecule has 0 aliphatic carbocycles. The topological polar surface area (TPSA) is 6.48 Å². The molecule has 3 heteroatoms. The van der Waals surface area contributed by atoms with Crippen LogP contribution in [0, 0.1) is 0 Å². The Morgan fingerprint density at radius 2 is 0.656 bits per heavy atom. The van der Waals surface area contributed by atoms with Gasteiger partial charge < -0.3 is 9.80 Å². The van der Waals surface area contributed by atoms with Crippen molar-refractivity contribution in [2.45, 2.75) is 0 Å². The maximum atomic E-state index is 2.56. The zero-order valence-electron chi connectivity index (χ0n) is 33.3. The van der Waals surface area contributed by atoms with Gasteiger partial charge in [-0.15, -0.1) is 0 Å². The molecule has 2 heterocycles. The lowest BCUT2D eigenvalue weighted by atomic mass is 9.33. The molecule has 0 saturated carbocycles. The molecule has 0 fully saturated rings. The average molecular weight is 773 g/mol. The van der Waals surface area contributed by atoms with E-state index in [0.29, 0.717) is 0 Å². The van der Waals surface area contributed by atoms with E-state index in [-0.39, 0.29) is 6.71 Å². The summed E-state index contributed by atoms with van der Waals surface area (Å²) in [6, 6.07) is 83.3. The number of anilines is 6. The lowest BCUT2D eigenvalue weighted by Gasteiger charge is -2.45. The highest BCUT2D eigenvalue weighted by Gasteiger charge is 2.44. The molecular weight excluding hydrogens is 735 g/mol. The molecule has 0 saturated heterocycles. The zero-order chi connectivity index (χ0) is 40.0. The Balaban J connectivity index is 1.17. The number of hydrogen-bond acceptors (Lipinski definition) is 2. The number of rotatable bonds is 4. The molecule has 0 spiro atoms. The smallest absolute Gasteiger partial charge is 0.252 e. The van der Waals surface area contributed by atoms with Gasteiger partial charge in [-0.3, -0.25) is 0 Å². The van der Waals surface area contributed by atoms with Crippen LogP contribution < -0.4 is 26.2 Å². The van der Waals surface area contributed by atoms with Gasteiger partial charge in [0, 0.05) is 44.9 Å². The standard InChI is InChI=1S/C58H37BN2/c1-4-14-38(15-5-1)39-24-26-40(27-25-39)47-36-54-56-55(37-47)61(49-22-8-3-9-23-49)58-51-35-44-19-13-11-17-42(44)33-46(51)29-31-53(58)59(56)52-30-28-45-32-41-16-10-12-18-43(41)34-50(45)57(52)60(54)48-20-6-2-7-21-48/h1-37H. The molecule has 2 aliphatic heterocycles. The maximum Gasteiger partial charge on any atom is 0.252 e. The van der Waals surface area contributed by atoms with Crippen LogP contribution in [0.15, 0.2) is 224 Å². The van der Waals surface area contributed by atoms with Crippen LogP contribution in [0.4, 0.5) is 34.1 Å². The van der Waals surface area contributed by atoms with Crippen LogP contribution >= 0.6 is 0 Å². The van der Waals surface area contributed by atoms with E-state index in [4.69, 9.17) is 0 Å². The molecule has 11 aromatic rings. The van der Waals surface area contributed by atoms with E-state index in [1.807, 2.05) is 0 Å². The summed E-state index contributed by atoms with van der Waals surface area (Å²) in [5.74, 6) is 0. The van der Waals surface area contributed by atoms with Gasteiger partial charge in [0.05, 0.1) is 0 Å². The van der Waals surface area contributed by atoms with Crippen molar-refractivity contribution < 1.29 is 0 Å². The summed E-state index contributed by atoms with van der Waals surface area (Å²) in [6.45, 7) is -0.0174. The molecule has 0 amide bonds. The van der Waals surface area contributed by atoms with Crippen molar-refractivity contribution in [3.8, 4) is 22.3 Å². The van der Waals surface area contributed by atoms with Crippen LogP contribution in [0.2, 0.25) is 0 Å². The van der Waals surface area contributed by atoms with Gasteiger partial charge in [0.2, 0.25) is 0 Å². The van der Waals surface area contributed by atoms with E-state index in [0.717, 1.165) is 11.4 Å². The summed E-state index contributed by atoms with van der Waals surface area (Å²) in [7, 11) is 0. The number of fused-ring (bicyclic) bond motifs is 10. The van der Waals surface area contributed by atoms with Gasteiger partial charge in [-0.2, -0.15) is 0 Å². The number of hydrogen-bond donors (Lipinski definition) is 0. The summed E-state index contributed by atoms with van der Waals surface area (Å²) in [5.41, 5.74) is 15.9. The van der Waals surface area contributed by atoms with Crippen molar-refractivity contribution in [2.24, 2.45) is 0 Å². The molecule has 2 aliphatic rings. The van der Waals surface area contributed by atoms with E-state index < -0.39 is 0 Å². The highest BCUT2D eigenvalue weighted by Crippen LogP contribution is 2.49. The second kappa shape index (κ2) is 13.3. The number of benzene rings is 11. The van der Waals surface area contributed by atoms with Crippen molar-refractivity contribution >= 4 is 100 Å². The van der Waals surface area contributed by atoms with Crippen LogP contribution in [0.3, 0.4) is 0 Å². The largest absolute Gasteiger partial charge is 0.311 e. The molecular formula is C58H37BN2. The lowest BCUT2D eigenvalue weighted by Crippen LogP contribution is -2.61. The van der Waals surface area contributed by atoms with E-state index in [1.165, 1.54) is 104 Å². The van der Waals surface area contributed by atoms with E-state index >= 15 is 0 Å². The van der Waals surface area contributed by atoms with E-state index in [1.54, 1.807) is 0 Å². The molecule has 2 nitrogen and oxygen atoms in total. The normalized spacial score (nSPS) is 12.8. The minimum atomic E-state index is -0.0174. The highest BCUT2D eigenvalue weighted by molar-refractivity contribution is 7.00. The molecule has 61 heavy (non-hydrogen) atoms. The first-order valence-electron chi connectivity index (χ1n) is 21.2. The Labute approximate surface area is 355 Å². The van der Waals surface area contributed by atoms with Gasteiger partial charge >= 0.3 is 0 Å². The SMILES string of the molecule is c1ccc(-c2ccc(-c3cc4c5c(c3)N(c3ccccc3)c3c(ccc6cc7ccccc7cc36)B5c3ccc5cc6ccccc6cc5c3N4c3ccccc3)cc2)cc1. The van der Waals surface area contributed by atoms with Crippen molar-refractivity contribution in [1.82, 2.24) is 0 Å². The third-order valence-electron chi connectivity index (χ3n) is 13.1. The fourth-order valence-electron chi connectivity index (χ4n) is 10.3. The van der Waals surface area contributed by atoms with Gasteiger partial charge in [0.1, 0.15) is 0 Å². The molecule has 0 unspecified atom stereocenters. The highest BCUT2D eigenvalue weighted by atomic mass is 15.2. The summed E-state index contributed by atoms with van der Waals surface area (Å²) >= 11 is 0. The first-order valence-corrected chi connectivity index (χ1v) is 21.2. The minimum Gasteiger partial charge on any atom is -0.311 e. The van der Waals surface area contributed by atoms with Crippen LogP contribution in [0.5, 0.6) is 0 Å². The first kappa shape index (κ1) is 34.0. The van der Waals surface area contributed by atoms with Crippen molar-refractivity contribution in [3.05, 3.63) is 224 Å². The van der Waals surface area contributed by atoms with Gasteiger partial charge in [-0.1, -0.05) is 164 Å². The van der Waals surface area contributed by atoms with Crippen molar-refractivity contribution in [3.63, 3.8) is 0 Å².